The smallest absolute Gasteiger partial charge is 0.262 e. The molecule has 0 aliphatic heterocycles. The molecule has 0 atom stereocenters. The van der Waals surface area contributed by atoms with Gasteiger partial charge in [-0.2, -0.15) is 5.10 Å². The molecule has 0 heterocycles. The fourth-order valence-electron chi connectivity index (χ4n) is 3.38. The summed E-state index contributed by atoms with van der Waals surface area (Å²) in [6.45, 7) is -0.124. The van der Waals surface area contributed by atoms with Crippen LogP contribution in [-0.4, -0.2) is 37.0 Å². The molecule has 2 aromatic rings. The molecule has 7 nitrogen and oxygen atoms in total. The van der Waals surface area contributed by atoms with Gasteiger partial charge in [0.2, 0.25) is 0 Å². The fourth-order valence-corrected chi connectivity index (χ4v) is 3.59. The molecule has 1 amide bonds. The number of rotatable bonds is 8. The lowest BCUT2D eigenvalue weighted by molar-refractivity contribution is -0.118. The first-order valence-corrected chi connectivity index (χ1v) is 10.8. The molecular weight excluding hydrogens is 412 g/mol. The number of hydrazone groups is 1. The number of ether oxygens (including phenoxy) is 2. The van der Waals surface area contributed by atoms with Crippen LogP contribution >= 0.6 is 12.2 Å². The van der Waals surface area contributed by atoms with Crippen LogP contribution in [0.25, 0.3) is 0 Å². The van der Waals surface area contributed by atoms with E-state index < -0.39 is 0 Å². The molecular formula is C23H28N4O3S. The standard InChI is InChI=1S/C23H28N4O3S/c1-29-21-14-17(15-24-27-23(31)26-19-10-6-3-7-11-19)12-13-20(21)30-16-22(28)25-18-8-4-2-5-9-18/h2,4-5,8-9,12-15,19H,3,6-7,10-11,16H2,1H3,(H,25,28)(H2,26,27,31)/b24-15+. The van der Waals surface area contributed by atoms with Gasteiger partial charge in [0.05, 0.1) is 13.3 Å². The maximum absolute atomic E-state index is 12.1. The summed E-state index contributed by atoms with van der Waals surface area (Å²) in [7, 11) is 1.55. The predicted molar refractivity (Wildman–Crippen MR) is 127 cm³/mol. The molecule has 1 aliphatic carbocycles. The molecule has 0 bridgehead atoms. The number of carbonyl (C=O) groups excluding carboxylic acids is 1. The SMILES string of the molecule is COc1cc(/C=N/NC(=S)NC2CCCCC2)ccc1OCC(=O)Nc1ccccc1. The lowest BCUT2D eigenvalue weighted by atomic mass is 9.96. The molecule has 0 aromatic heterocycles. The van der Waals surface area contributed by atoms with Gasteiger partial charge in [0, 0.05) is 11.7 Å². The molecule has 1 fully saturated rings. The molecule has 0 saturated heterocycles. The van der Waals surface area contributed by atoms with E-state index >= 15 is 0 Å². The predicted octanol–water partition coefficient (Wildman–Crippen LogP) is 3.84. The lowest BCUT2D eigenvalue weighted by Gasteiger charge is -2.23. The summed E-state index contributed by atoms with van der Waals surface area (Å²) in [6, 6.07) is 15.0. The Morgan fingerprint density at radius 2 is 1.90 bits per heavy atom. The number of carbonyl (C=O) groups is 1. The largest absolute Gasteiger partial charge is 0.493 e. The van der Waals surface area contributed by atoms with Crippen molar-refractivity contribution >= 4 is 35.1 Å². The number of nitrogens with zero attached hydrogens (tertiary/aromatic N) is 1. The Hall–Kier alpha value is -3.13. The van der Waals surface area contributed by atoms with Gasteiger partial charge in [-0.05, 0) is 61.0 Å². The Balaban J connectivity index is 1.48. The highest BCUT2D eigenvalue weighted by atomic mass is 32.1. The van der Waals surface area contributed by atoms with E-state index in [9.17, 15) is 4.79 Å². The number of nitrogens with one attached hydrogen (secondary N) is 3. The second kappa shape index (κ2) is 11.9. The van der Waals surface area contributed by atoms with Crippen molar-refractivity contribution in [2.24, 2.45) is 5.10 Å². The van der Waals surface area contributed by atoms with Crippen LogP contribution in [0.1, 0.15) is 37.7 Å². The van der Waals surface area contributed by atoms with Crippen molar-refractivity contribution in [2.45, 2.75) is 38.1 Å². The van der Waals surface area contributed by atoms with Gasteiger partial charge in [-0.3, -0.25) is 10.2 Å². The number of anilines is 1. The Bertz CT molecular complexity index is 899. The van der Waals surface area contributed by atoms with Gasteiger partial charge in [0.25, 0.3) is 5.91 Å². The first-order chi connectivity index (χ1) is 15.1. The maximum Gasteiger partial charge on any atom is 0.262 e. The first-order valence-electron chi connectivity index (χ1n) is 10.4. The minimum absolute atomic E-state index is 0.124. The summed E-state index contributed by atoms with van der Waals surface area (Å²) in [5.74, 6) is 0.742. The molecule has 164 valence electrons. The van der Waals surface area contributed by atoms with Crippen molar-refractivity contribution in [3.05, 3.63) is 54.1 Å². The van der Waals surface area contributed by atoms with Gasteiger partial charge in [0.15, 0.2) is 23.2 Å². The molecule has 2 aromatic carbocycles. The lowest BCUT2D eigenvalue weighted by Crippen LogP contribution is -2.40. The number of benzene rings is 2. The van der Waals surface area contributed by atoms with Crippen LogP contribution < -0.4 is 25.5 Å². The Kier molecular flexibility index (Phi) is 8.66. The van der Waals surface area contributed by atoms with Gasteiger partial charge in [-0.25, -0.2) is 0 Å². The highest BCUT2D eigenvalue weighted by Crippen LogP contribution is 2.27. The number of hydrogen-bond acceptors (Lipinski definition) is 5. The third-order valence-electron chi connectivity index (χ3n) is 4.92. The highest BCUT2D eigenvalue weighted by Gasteiger charge is 2.13. The van der Waals surface area contributed by atoms with Crippen molar-refractivity contribution < 1.29 is 14.3 Å². The van der Waals surface area contributed by atoms with Crippen molar-refractivity contribution in [1.82, 2.24) is 10.7 Å². The van der Waals surface area contributed by atoms with Crippen molar-refractivity contribution in [2.75, 3.05) is 19.0 Å². The third-order valence-corrected chi connectivity index (χ3v) is 5.13. The van der Waals surface area contributed by atoms with Crippen LogP contribution in [0.5, 0.6) is 11.5 Å². The summed E-state index contributed by atoms with van der Waals surface area (Å²) >= 11 is 5.31. The summed E-state index contributed by atoms with van der Waals surface area (Å²) < 4.78 is 11.0. The normalized spacial score (nSPS) is 14.1. The zero-order valence-electron chi connectivity index (χ0n) is 17.6. The molecule has 1 aliphatic rings. The van der Waals surface area contributed by atoms with Gasteiger partial charge >= 0.3 is 0 Å². The maximum atomic E-state index is 12.1. The molecule has 3 rings (SSSR count). The van der Waals surface area contributed by atoms with Gasteiger partial charge in [-0.1, -0.05) is 37.5 Å². The number of hydrogen-bond donors (Lipinski definition) is 3. The van der Waals surface area contributed by atoms with E-state index in [4.69, 9.17) is 21.7 Å². The van der Waals surface area contributed by atoms with Gasteiger partial charge < -0.3 is 20.1 Å². The monoisotopic (exact) mass is 440 g/mol. The summed E-state index contributed by atoms with van der Waals surface area (Å²) in [6.07, 6.45) is 7.73. The second-order valence-electron chi connectivity index (χ2n) is 7.29. The van der Waals surface area contributed by atoms with Crippen LogP contribution in [0.3, 0.4) is 0 Å². The van der Waals surface area contributed by atoms with Gasteiger partial charge in [-0.15, -0.1) is 0 Å². The molecule has 0 unspecified atom stereocenters. The van der Waals surface area contributed by atoms with Crippen molar-refractivity contribution in [3.63, 3.8) is 0 Å². The van der Waals surface area contributed by atoms with Crippen LogP contribution in [0.15, 0.2) is 53.6 Å². The summed E-state index contributed by atoms with van der Waals surface area (Å²) in [5, 5.41) is 10.8. The van der Waals surface area contributed by atoms with E-state index in [-0.39, 0.29) is 12.5 Å². The summed E-state index contributed by atoms with van der Waals surface area (Å²) in [5.41, 5.74) is 4.39. The van der Waals surface area contributed by atoms with E-state index in [1.54, 1.807) is 25.5 Å². The number of methoxy groups -OCH3 is 1. The van der Waals surface area contributed by atoms with Crippen LogP contribution in [0, 0.1) is 0 Å². The van der Waals surface area contributed by atoms with Crippen LogP contribution in [0.4, 0.5) is 5.69 Å². The average molecular weight is 441 g/mol. The van der Waals surface area contributed by atoms with E-state index in [0.717, 1.165) is 24.1 Å². The Morgan fingerprint density at radius 1 is 1.13 bits per heavy atom. The van der Waals surface area contributed by atoms with Crippen LogP contribution in [0.2, 0.25) is 0 Å². The summed E-state index contributed by atoms with van der Waals surface area (Å²) in [4.78, 5) is 12.1. The third kappa shape index (κ3) is 7.57. The zero-order chi connectivity index (χ0) is 21.9. The molecule has 8 heteroatoms. The van der Waals surface area contributed by atoms with Crippen molar-refractivity contribution in [1.29, 1.82) is 0 Å². The topological polar surface area (TPSA) is 84.0 Å². The van der Waals surface area contributed by atoms with E-state index in [0.29, 0.717) is 22.7 Å². The number of amides is 1. The average Bonchev–Trinajstić information content (AvgIpc) is 2.79. The second-order valence-corrected chi connectivity index (χ2v) is 7.70. The fraction of sp³-hybridized carbons (Fsp3) is 0.348. The zero-order valence-corrected chi connectivity index (χ0v) is 18.4. The quantitative estimate of drug-likeness (QED) is 0.329. The van der Waals surface area contributed by atoms with E-state index in [1.165, 1.54) is 19.3 Å². The Morgan fingerprint density at radius 3 is 2.65 bits per heavy atom. The molecule has 1 saturated carbocycles. The van der Waals surface area contributed by atoms with E-state index in [1.807, 2.05) is 36.4 Å². The molecule has 0 radical (unpaired) electrons. The minimum Gasteiger partial charge on any atom is -0.493 e. The number of thiocarbonyl (C=S) groups is 1. The highest BCUT2D eigenvalue weighted by molar-refractivity contribution is 7.80. The Labute approximate surface area is 188 Å². The number of para-hydroxylation sites is 1. The van der Waals surface area contributed by atoms with E-state index in [2.05, 4.69) is 21.2 Å². The minimum atomic E-state index is -0.248. The molecule has 31 heavy (non-hydrogen) atoms. The van der Waals surface area contributed by atoms with Crippen LogP contribution in [-0.2, 0) is 4.79 Å². The van der Waals surface area contributed by atoms with Crippen molar-refractivity contribution in [3.8, 4) is 11.5 Å². The molecule has 3 N–H and O–H groups in total. The molecule has 0 spiro atoms. The first kappa shape index (κ1) is 22.6. The van der Waals surface area contributed by atoms with Gasteiger partial charge in [0.1, 0.15) is 0 Å².